The quantitative estimate of drug-likeness (QED) is 0.0857. The first-order chi connectivity index (χ1) is 35.2. The minimum atomic E-state index is -0.850. The van der Waals surface area contributed by atoms with Crippen molar-refractivity contribution in [2.24, 2.45) is 11.3 Å². The third kappa shape index (κ3) is 11.0. The lowest BCUT2D eigenvalue weighted by molar-refractivity contribution is -0.144. The maximum atomic E-state index is 14.3. The fourth-order valence-electron chi connectivity index (χ4n) is 12.1. The van der Waals surface area contributed by atoms with Gasteiger partial charge in [0.1, 0.15) is 17.8 Å². The molecule has 3 unspecified atom stereocenters. The summed E-state index contributed by atoms with van der Waals surface area (Å²) in [6.45, 7) is 11.7. The normalized spacial score (nSPS) is 24.2. The summed E-state index contributed by atoms with van der Waals surface area (Å²) in [5.41, 5.74) is 13.8. The van der Waals surface area contributed by atoms with Gasteiger partial charge < -0.3 is 46.2 Å². The number of phenols is 1. The molecular formula is C55H70N12O5S. The van der Waals surface area contributed by atoms with E-state index in [4.69, 9.17) is 15.7 Å². The number of hydrogen-bond acceptors (Lipinski definition) is 15. The molecule has 0 radical (unpaired) electrons. The number of aromatic hydroxyl groups is 1. The number of nitrogens with one attached hydrogen (secondary N) is 2. The number of phenolic OH excluding ortho intramolecular Hbond substituents is 1. The molecule has 10 rings (SSSR count). The van der Waals surface area contributed by atoms with Gasteiger partial charge in [-0.05, 0) is 124 Å². The van der Waals surface area contributed by atoms with Crippen molar-refractivity contribution in [3.63, 3.8) is 0 Å². The van der Waals surface area contributed by atoms with Crippen molar-refractivity contribution in [2.75, 3.05) is 48.3 Å². The molecule has 1 aliphatic carbocycles. The smallest absolute Gasteiger partial charge is 0.246 e. The van der Waals surface area contributed by atoms with Crippen molar-refractivity contribution >= 4 is 46.5 Å². The monoisotopic (exact) mass is 1010 g/mol. The van der Waals surface area contributed by atoms with Gasteiger partial charge >= 0.3 is 0 Å². The Morgan fingerprint density at radius 3 is 2.21 bits per heavy atom. The number of fused-ring (bicyclic) bond motifs is 2. The number of likely N-dealkylation sites (tertiary alicyclic amines) is 2. The molecule has 18 heteroatoms. The summed E-state index contributed by atoms with van der Waals surface area (Å²) in [4.78, 5) is 65.8. The second-order valence-electron chi connectivity index (χ2n) is 22.2. The highest BCUT2D eigenvalue weighted by atomic mass is 32.1. The Balaban J connectivity index is 0.670. The number of carbonyl (C=O) groups excluding carboxylic acids is 3. The fraction of sp³-hybridized carbons (Fsp3) is 0.527. The number of aryl methyl sites for hydroxylation is 1. The lowest BCUT2D eigenvalue weighted by atomic mass is 9.81. The molecule has 5 fully saturated rings. The third-order valence-corrected chi connectivity index (χ3v) is 17.2. The topological polar surface area (TPSA) is 219 Å². The second-order valence-corrected chi connectivity index (χ2v) is 23.0. The van der Waals surface area contributed by atoms with Crippen LogP contribution >= 0.6 is 11.3 Å². The van der Waals surface area contributed by atoms with E-state index in [1.54, 1.807) is 23.5 Å². The minimum absolute atomic E-state index is 0.0399. The Kier molecular flexibility index (Phi) is 14.7. The van der Waals surface area contributed by atoms with Crippen LogP contribution in [0.2, 0.25) is 0 Å². The summed E-state index contributed by atoms with van der Waals surface area (Å²) in [6, 6.07) is 16.4. The standard InChI is InChI=1S/C55H70N12O5S/c1-33-49(73-32-60-33)37-13-9-35(10-14-37)26-57-52(71)46-24-42(68)31-66(46)53(72)50(55(2,3)4)61-48(70)23-34-11-15-39(16-12-34)64-21-19-36(20-22-64)38-27-58-54(59-28-38)67-40-17-18-41(67)30-65(29-40)45-25-44(62-63-51(45)56)43-7-5-6-8-47(43)69/h5-10,13-14,25,27-28,32,34,36,39-42,46,50,68-69H,11-12,15-24,26,29-31H2,1-4H3,(H2,56,63)(H,57,71)(H,61,70)/t34-,39+,40?,41?,42-,46+,50?/m1/s1. The van der Waals surface area contributed by atoms with Gasteiger partial charge in [0.25, 0.3) is 0 Å². The number of carbonyl (C=O) groups is 3. The number of hydrogen-bond donors (Lipinski definition) is 5. The first-order valence-electron chi connectivity index (χ1n) is 26.2. The van der Waals surface area contributed by atoms with Crippen LogP contribution in [0.5, 0.6) is 5.75 Å². The summed E-state index contributed by atoms with van der Waals surface area (Å²) >= 11 is 1.59. The molecule has 4 aliphatic heterocycles. The van der Waals surface area contributed by atoms with E-state index in [1.807, 2.05) is 88.1 Å². The number of aliphatic hydroxyl groups excluding tert-OH is 1. The zero-order valence-corrected chi connectivity index (χ0v) is 43.3. The number of amides is 3. The highest BCUT2D eigenvalue weighted by molar-refractivity contribution is 7.13. The first kappa shape index (κ1) is 50.3. The molecule has 4 saturated heterocycles. The van der Waals surface area contributed by atoms with E-state index in [0.29, 0.717) is 35.5 Å². The van der Waals surface area contributed by atoms with Gasteiger partial charge in [-0.2, -0.15) is 0 Å². The Hall–Kier alpha value is -6.24. The van der Waals surface area contributed by atoms with Gasteiger partial charge in [0, 0.05) is 75.1 Å². The number of nitrogens with zero attached hydrogens (tertiary/aromatic N) is 9. The predicted octanol–water partition coefficient (Wildman–Crippen LogP) is 6.45. The van der Waals surface area contributed by atoms with E-state index in [2.05, 4.69) is 40.5 Å². The Bertz CT molecular complexity index is 2740. The molecule has 1 saturated carbocycles. The van der Waals surface area contributed by atoms with Gasteiger partial charge in [0.2, 0.25) is 23.7 Å². The van der Waals surface area contributed by atoms with Gasteiger partial charge in [0.05, 0.1) is 33.6 Å². The van der Waals surface area contributed by atoms with Crippen LogP contribution in [0, 0.1) is 18.3 Å². The number of aliphatic hydroxyl groups is 1. The fourth-order valence-corrected chi connectivity index (χ4v) is 13.0. The number of rotatable bonds is 13. The largest absolute Gasteiger partial charge is 0.507 e. The Morgan fingerprint density at radius 1 is 0.863 bits per heavy atom. The zero-order valence-electron chi connectivity index (χ0n) is 42.5. The van der Waals surface area contributed by atoms with Crippen LogP contribution in [-0.2, 0) is 20.9 Å². The van der Waals surface area contributed by atoms with Gasteiger partial charge in [-0.3, -0.25) is 14.4 Å². The number of β-amino-alcohol motifs (C(OH)–C–C–N with tert-alkyl or cyclic N) is 1. The van der Waals surface area contributed by atoms with Gasteiger partial charge in [0.15, 0.2) is 5.82 Å². The number of nitrogens with two attached hydrogens (primary N) is 1. The maximum Gasteiger partial charge on any atom is 0.246 e. The van der Waals surface area contributed by atoms with E-state index < -0.39 is 23.6 Å². The number of benzene rings is 2. The highest BCUT2D eigenvalue weighted by Crippen LogP contribution is 2.40. The van der Waals surface area contributed by atoms with Crippen LogP contribution in [0.1, 0.15) is 108 Å². The minimum Gasteiger partial charge on any atom is -0.507 e. The van der Waals surface area contributed by atoms with Crippen molar-refractivity contribution in [2.45, 2.75) is 141 Å². The summed E-state index contributed by atoms with van der Waals surface area (Å²) < 4.78 is 0. The van der Waals surface area contributed by atoms with Crippen molar-refractivity contribution in [3.8, 4) is 27.4 Å². The van der Waals surface area contributed by atoms with Crippen LogP contribution in [0.3, 0.4) is 0 Å². The van der Waals surface area contributed by atoms with E-state index in [9.17, 15) is 24.6 Å². The van der Waals surface area contributed by atoms with Gasteiger partial charge in [-0.1, -0.05) is 57.2 Å². The molecule has 386 valence electrons. The molecule has 17 nitrogen and oxygen atoms in total. The predicted molar refractivity (Wildman–Crippen MR) is 283 cm³/mol. The van der Waals surface area contributed by atoms with Crippen LogP contribution in [0.25, 0.3) is 21.7 Å². The molecule has 0 spiro atoms. The van der Waals surface area contributed by atoms with Crippen molar-refractivity contribution in [1.82, 2.24) is 45.6 Å². The molecule has 2 aromatic carbocycles. The lowest BCUT2D eigenvalue weighted by Gasteiger charge is -2.42. The van der Waals surface area contributed by atoms with Crippen LogP contribution < -0.4 is 26.2 Å². The second kappa shape index (κ2) is 21.3. The lowest BCUT2D eigenvalue weighted by Crippen LogP contribution is -2.57. The molecule has 6 N–H and O–H groups in total. The molecule has 5 aliphatic rings. The average Bonchev–Trinajstić information content (AvgIpc) is 4.08. The number of piperazine rings is 1. The number of para-hydroxylation sites is 1. The third-order valence-electron chi connectivity index (χ3n) is 16.2. The SMILES string of the molecule is Cc1ncsc1-c1ccc(CNC(=O)[C@@H]2C[C@@H](O)CN2C(=O)C(NC(=O)C[C@H]2CC[C@@H](N3CCC(c4cnc(N5C6CCC5CN(c5cc(-c7ccccc7O)nnc5N)C6)nc4)CC3)CC2)C(C)(C)C)cc1. The molecule has 3 amide bonds. The zero-order chi connectivity index (χ0) is 51.0. The van der Waals surface area contributed by atoms with Crippen LogP contribution in [0.4, 0.5) is 17.5 Å². The number of piperidine rings is 1. The average molecular weight is 1010 g/mol. The summed E-state index contributed by atoms with van der Waals surface area (Å²) in [5.74, 6) is 1.16. The molecule has 3 aromatic heterocycles. The molecule has 7 heterocycles. The molecule has 2 bridgehead atoms. The van der Waals surface area contributed by atoms with Gasteiger partial charge in [-0.15, -0.1) is 21.5 Å². The van der Waals surface area contributed by atoms with E-state index in [1.165, 1.54) is 10.5 Å². The number of nitrogen functional groups attached to an aromatic ring is 1. The molecule has 5 aromatic rings. The Labute approximate surface area is 432 Å². The first-order valence-corrected chi connectivity index (χ1v) is 27.1. The van der Waals surface area contributed by atoms with Gasteiger partial charge in [-0.25, -0.2) is 15.0 Å². The van der Waals surface area contributed by atoms with E-state index in [-0.39, 0.29) is 61.0 Å². The van der Waals surface area contributed by atoms with Crippen molar-refractivity contribution in [1.29, 1.82) is 0 Å². The van der Waals surface area contributed by atoms with Crippen LogP contribution in [-0.4, -0.2) is 132 Å². The summed E-state index contributed by atoms with van der Waals surface area (Å²) in [6.07, 6.45) is 12.0. The summed E-state index contributed by atoms with van der Waals surface area (Å²) in [5, 5.41) is 35.8. The Morgan fingerprint density at radius 2 is 1.55 bits per heavy atom. The van der Waals surface area contributed by atoms with Crippen molar-refractivity contribution in [3.05, 3.63) is 89.3 Å². The molecule has 5 atom stereocenters. The maximum absolute atomic E-state index is 14.3. The number of thiazole rings is 1. The van der Waals surface area contributed by atoms with Crippen molar-refractivity contribution < 1.29 is 24.6 Å². The van der Waals surface area contributed by atoms with E-state index in [0.717, 1.165) is 111 Å². The highest BCUT2D eigenvalue weighted by Gasteiger charge is 2.45. The summed E-state index contributed by atoms with van der Waals surface area (Å²) in [7, 11) is 0. The molecule has 73 heavy (non-hydrogen) atoms. The number of aromatic nitrogens is 5. The molecular weight excluding hydrogens is 941 g/mol. The van der Waals surface area contributed by atoms with E-state index >= 15 is 0 Å². The number of anilines is 3. The van der Waals surface area contributed by atoms with Crippen LogP contribution in [0.15, 0.2) is 72.5 Å².